The minimum Gasteiger partial charge on any atom is -0.469 e. The van der Waals surface area contributed by atoms with Crippen molar-refractivity contribution in [3.8, 4) is 0 Å². The summed E-state index contributed by atoms with van der Waals surface area (Å²) in [4.78, 5) is 25.4. The molecule has 7 heteroatoms. The van der Waals surface area contributed by atoms with Gasteiger partial charge in [-0.1, -0.05) is 5.16 Å². The zero-order valence-electron chi connectivity index (χ0n) is 11.7. The van der Waals surface area contributed by atoms with Gasteiger partial charge in [-0.25, -0.2) is 0 Å². The molecule has 1 saturated heterocycles. The van der Waals surface area contributed by atoms with Gasteiger partial charge in [0.1, 0.15) is 5.76 Å². The van der Waals surface area contributed by atoms with E-state index in [4.69, 9.17) is 9.26 Å². The fourth-order valence-corrected chi connectivity index (χ4v) is 2.37. The van der Waals surface area contributed by atoms with E-state index in [0.717, 1.165) is 19.4 Å². The molecule has 1 aromatic heterocycles. The second kappa shape index (κ2) is 6.51. The van der Waals surface area contributed by atoms with E-state index in [0.29, 0.717) is 18.1 Å². The highest BCUT2D eigenvalue weighted by Gasteiger charge is 2.27. The van der Waals surface area contributed by atoms with Gasteiger partial charge >= 0.3 is 5.97 Å². The summed E-state index contributed by atoms with van der Waals surface area (Å²) in [5, 5.41) is 6.37. The minimum absolute atomic E-state index is 0.143. The lowest BCUT2D eigenvalue weighted by molar-refractivity contribution is -0.147. The third-order valence-electron chi connectivity index (χ3n) is 3.30. The Morgan fingerprint density at radius 2 is 2.40 bits per heavy atom. The van der Waals surface area contributed by atoms with Gasteiger partial charge in [0.15, 0.2) is 5.82 Å². The number of rotatable bonds is 4. The maximum absolute atomic E-state index is 11.9. The number of amides is 1. The van der Waals surface area contributed by atoms with Gasteiger partial charge in [-0.15, -0.1) is 0 Å². The van der Waals surface area contributed by atoms with Gasteiger partial charge in [-0.3, -0.25) is 14.5 Å². The van der Waals surface area contributed by atoms with Gasteiger partial charge in [0, 0.05) is 12.6 Å². The number of ether oxygens (including phenoxy) is 1. The third-order valence-corrected chi connectivity index (χ3v) is 3.30. The summed E-state index contributed by atoms with van der Waals surface area (Å²) in [6.07, 6.45) is 1.70. The van der Waals surface area contributed by atoms with Gasteiger partial charge < -0.3 is 14.6 Å². The number of aryl methyl sites for hydroxylation is 1. The first-order valence-electron chi connectivity index (χ1n) is 6.62. The van der Waals surface area contributed by atoms with Crippen molar-refractivity contribution in [2.75, 3.05) is 32.1 Å². The first kappa shape index (κ1) is 14.5. The van der Waals surface area contributed by atoms with Gasteiger partial charge in [-0.05, 0) is 26.3 Å². The van der Waals surface area contributed by atoms with E-state index in [1.165, 1.54) is 7.11 Å². The van der Waals surface area contributed by atoms with Crippen LogP contribution in [0.1, 0.15) is 18.6 Å². The number of hydrogen-bond acceptors (Lipinski definition) is 6. The number of nitrogens with one attached hydrogen (secondary N) is 1. The predicted molar refractivity (Wildman–Crippen MR) is 71.0 cm³/mol. The number of carbonyl (C=O) groups is 2. The minimum atomic E-state index is -0.206. The first-order chi connectivity index (χ1) is 9.58. The predicted octanol–water partition coefficient (Wildman–Crippen LogP) is 0.807. The molecule has 1 atom stereocenters. The molecule has 1 fully saturated rings. The molecule has 1 N–H and O–H groups in total. The van der Waals surface area contributed by atoms with Crippen molar-refractivity contribution in [2.45, 2.75) is 19.8 Å². The molecule has 7 nitrogen and oxygen atoms in total. The van der Waals surface area contributed by atoms with Crippen molar-refractivity contribution < 1.29 is 18.8 Å². The van der Waals surface area contributed by atoms with Crippen LogP contribution < -0.4 is 5.32 Å². The zero-order valence-corrected chi connectivity index (χ0v) is 11.7. The highest BCUT2D eigenvalue weighted by Crippen LogP contribution is 2.17. The van der Waals surface area contributed by atoms with Crippen molar-refractivity contribution >= 4 is 17.7 Å². The number of carbonyl (C=O) groups excluding carboxylic acids is 2. The Labute approximate surface area is 117 Å². The van der Waals surface area contributed by atoms with Crippen LogP contribution in [0.5, 0.6) is 0 Å². The quantitative estimate of drug-likeness (QED) is 0.822. The van der Waals surface area contributed by atoms with Crippen molar-refractivity contribution in [3.05, 3.63) is 11.8 Å². The molecule has 20 heavy (non-hydrogen) atoms. The Morgan fingerprint density at radius 3 is 3.05 bits per heavy atom. The van der Waals surface area contributed by atoms with E-state index in [1.54, 1.807) is 13.0 Å². The van der Waals surface area contributed by atoms with E-state index < -0.39 is 0 Å². The standard InChI is InChI=1S/C13H19N3O4/c1-9-6-11(15-20-9)14-12(17)8-16-5-3-4-10(7-16)13(18)19-2/h6,10H,3-5,7-8H2,1-2H3,(H,14,15,17). The lowest BCUT2D eigenvalue weighted by Gasteiger charge is -2.30. The van der Waals surface area contributed by atoms with Crippen molar-refractivity contribution in [3.63, 3.8) is 0 Å². The fraction of sp³-hybridized carbons (Fsp3) is 0.615. The first-order valence-corrected chi connectivity index (χ1v) is 6.62. The van der Waals surface area contributed by atoms with Crippen LogP contribution in [-0.2, 0) is 14.3 Å². The van der Waals surface area contributed by atoms with Crippen molar-refractivity contribution in [1.29, 1.82) is 0 Å². The summed E-state index contributed by atoms with van der Waals surface area (Å²) in [6, 6.07) is 1.66. The normalized spacial score (nSPS) is 19.6. The van der Waals surface area contributed by atoms with Crippen molar-refractivity contribution in [2.24, 2.45) is 5.92 Å². The van der Waals surface area contributed by atoms with Gasteiger partial charge in [-0.2, -0.15) is 0 Å². The molecule has 0 bridgehead atoms. The van der Waals surface area contributed by atoms with E-state index in [1.807, 2.05) is 4.90 Å². The topological polar surface area (TPSA) is 84.7 Å². The Morgan fingerprint density at radius 1 is 1.60 bits per heavy atom. The van der Waals surface area contributed by atoms with Gasteiger partial charge in [0.2, 0.25) is 5.91 Å². The molecule has 1 amide bonds. The second-order valence-electron chi connectivity index (χ2n) is 4.97. The number of hydrogen-bond donors (Lipinski definition) is 1. The molecule has 2 rings (SSSR count). The summed E-state index contributed by atoms with van der Waals surface area (Å²) in [6.45, 7) is 3.35. The lowest BCUT2D eigenvalue weighted by Crippen LogP contribution is -2.42. The highest BCUT2D eigenvalue weighted by atomic mass is 16.5. The van der Waals surface area contributed by atoms with Crippen LogP contribution in [0.3, 0.4) is 0 Å². The number of anilines is 1. The molecule has 0 aliphatic carbocycles. The average molecular weight is 281 g/mol. The maximum atomic E-state index is 11.9. The van der Waals surface area contributed by atoms with Crippen LogP contribution >= 0.6 is 0 Å². The summed E-state index contributed by atoms with van der Waals surface area (Å²) < 4.78 is 9.63. The second-order valence-corrected chi connectivity index (χ2v) is 4.97. The Hall–Kier alpha value is -1.89. The molecule has 1 aliphatic heterocycles. The van der Waals surface area contributed by atoms with E-state index in [9.17, 15) is 9.59 Å². The Kier molecular flexibility index (Phi) is 4.73. The Bertz CT molecular complexity index is 486. The van der Waals surface area contributed by atoms with E-state index in [-0.39, 0.29) is 24.3 Å². The highest BCUT2D eigenvalue weighted by molar-refractivity contribution is 5.91. The molecule has 0 spiro atoms. The monoisotopic (exact) mass is 281 g/mol. The largest absolute Gasteiger partial charge is 0.469 e. The molecule has 1 aliphatic rings. The summed E-state index contributed by atoms with van der Waals surface area (Å²) in [7, 11) is 1.39. The van der Waals surface area contributed by atoms with Crippen LogP contribution in [-0.4, -0.2) is 48.7 Å². The van der Waals surface area contributed by atoms with E-state index >= 15 is 0 Å². The van der Waals surface area contributed by atoms with Crippen LogP contribution in [0.2, 0.25) is 0 Å². The van der Waals surface area contributed by atoms with E-state index in [2.05, 4.69) is 10.5 Å². The average Bonchev–Trinajstić information content (AvgIpc) is 2.83. The van der Waals surface area contributed by atoms with Crippen LogP contribution in [0.4, 0.5) is 5.82 Å². The molecule has 1 unspecified atom stereocenters. The van der Waals surface area contributed by atoms with Crippen LogP contribution in [0.25, 0.3) is 0 Å². The zero-order chi connectivity index (χ0) is 14.5. The number of piperidine rings is 1. The van der Waals surface area contributed by atoms with Crippen molar-refractivity contribution in [1.82, 2.24) is 10.1 Å². The SMILES string of the molecule is COC(=O)C1CCCN(CC(=O)Nc2cc(C)on2)C1. The number of aromatic nitrogens is 1. The van der Waals surface area contributed by atoms with Crippen LogP contribution in [0, 0.1) is 12.8 Å². The lowest BCUT2D eigenvalue weighted by atomic mass is 9.98. The van der Waals surface area contributed by atoms with Gasteiger partial charge in [0.05, 0.1) is 19.6 Å². The molecule has 0 saturated carbocycles. The molecule has 2 heterocycles. The third kappa shape index (κ3) is 3.80. The number of methoxy groups -OCH3 is 1. The number of nitrogens with zero attached hydrogens (tertiary/aromatic N) is 2. The molecule has 0 radical (unpaired) electrons. The molecule has 0 aromatic carbocycles. The smallest absolute Gasteiger partial charge is 0.309 e. The molecule has 110 valence electrons. The Balaban J connectivity index is 1.83. The fourth-order valence-electron chi connectivity index (χ4n) is 2.37. The van der Waals surface area contributed by atoms with Gasteiger partial charge in [0.25, 0.3) is 0 Å². The number of likely N-dealkylation sites (tertiary alicyclic amines) is 1. The summed E-state index contributed by atoms with van der Waals surface area (Å²) in [5.74, 6) is 0.542. The van der Waals surface area contributed by atoms with Crippen LogP contribution in [0.15, 0.2) is 10.6 Å². The molecular weight excluding hydrogens is 262 g/mol. The maximum Gasteiger partial charge on any atom is 0.309 e. The number of esters is 1. The molecule has 1 aromatic rings. The summed E-state index contributed by atoms with van der Waals surface area (Å²) in [5.41, 5.74) is 0. The summed E-state index contributed by atoms with van der Waals surface area (Å²) >= 11 is 0. The molecular formula is C13H19N3O4.